The van der Waals surface area contributed by atoms with Crippen LogP contribution in [-0.4, -0.2) is 40.7 Å². The fraction of sp³-hybridized carbons (Fsp3) is 0.0952. The van der Waals surface area contributed by atoms with Crippen molar-refractivity contribution in [3.63, 3.8) is 0 Å². The zero-order chi connectivity index (χ0) is 21.3. The first-order valence-electron chi connectivity index (χ1n) is 8.87. The molecule has 9 heteroatoms. The molecule has 0 aliphatic carbocycles. The number of carbonyl (C=O) groups is 4. The van der Waals surface area contributed by atoms with E-state index in [4.69, 9.17) is 0 Å². The van der Waals surface area contributed by atoms with Crippen LogP contribution in [0.25, 0.3) is 0 Å². The molecule has 1 aliphatic heterocycles. The van der Waals surface area contributed by atoms with Gasteiger partial charge in [-0.05, 0) is 30.3 Å². The Kier molecular flexibility index (Phi) is 5.11. The highest BCUT2D eigenvalue weighted by molar-refractivity contribution is 7.15. The summed E-state index contributed by atoms with van der Waals surface area (Å²) in [6.07, 6.45) is 1.51. The third-order valence-corrected chi connectivity index (χ3v) is 5.41. The maximum Gasteiger partial charge on any atom is 0.337 e. The number of anilines is 1. The molecule has 1 aliphatic rings. The van der Waals surface area contributed by atoms with Crippen LogP contribution in [0, 0.1) is 0 Å². The number of amides is 3. The molecule has 0 bridgehead atoms. The van der Waals surface area contributed by atoms with Crippen molar-refractivity contribution >= 4 is 40.2 Å². The zero-order valence-electron chi connectivity index (χ0n) is 15.7. The van der Waals surface area contributed by atoms with Crippen LogP contribution in [0.5, 0.6) is 0 Å². The number of hydrogen-bond donors (Lipinski definition) is 1. The molecule has 1 N–H and O–H groups in total. The molecule has 1 aromatic heterocycles. The molecular weight excluding hydrogens is 406 g/mol. The van der Waals surface area contributed by atoms with Gasteiger partial charge in [0.15, 0.2) is 5.13 Å². The number of thiazole rings is 1. The van der Waals surface area contributed by atoms with Crippen LogP contribution < -0.4 is 5.32 Å². The molecule has 3 amide bonds. The highest BCUT2D eigenvalue weighted by Crippen LogP contribution is 2.27. The number of methoxy groups -OCH3 is 1. The van der Waals surface area contributed by atoms with Crippen LogP contribution in [-0.2, 0) is 11.3 Å². The van der Waals surface area contributed by atoms with Crippen LogP contribution in [0.2, 0.25) is 0 Å². The molecule has 3 aromatic rings. The second kappa shape index (κ2) is 7.88. The molecule has 30 heavy (non-hydrogen) atoms. The quantitative estimate of drug-likeness (QED) is 0.502. The summed E-state index contributed by atoms with van der Waals surface area (Å²) in [5, 5.41) is 2.97. The molecule has 0 unspecified atom stereocenters. The summed E-state index contributed by atoms with van der Waals surface area (Å²) in [5.74, 6) is -1.69. The lowest BCUT2D eigenvalue weighted by molar-refractivity contribution is 0.0598. The van der Waals surface area contributed by atoms with Crippen LogP contribution in [0.15, 0.2) is 54.7 Å². The van der Waals surface area contributed by atoms with Crippen LogP contribution in [0.1, 0.15) is 46.3 Å². The maximum absolute atomic E-state index is 12.5. The molecule has 0 atom stereocenters. The Morgan fingerprint density at radius 1 is 1.03 bits per heavy atom. The normalized spacial score (nSPS) is 12.6. The summed E-state index contributed by atoms with van der Waals surface area (Å²) in [5.41, 5.74) is 1.29. The summed E-state index contributed by atoms with van der Waals surface area (Å²) in [4.78, 5) is 55.0. The van der Waals surface area contributed by atoms with E-state index >= 15 is 0 Å². The number of hydrogen-bond acceptors (Lipinski definition) is 7. The standard InChI is InChI=1S/C21H15N3O5S/c1-29-20(28)13-6-4-5-12(9-13)17(25)23-21-22-10-14(30-21)11-24-18(26)15-7-2-3-8-16(15)19(24)27/h2-10H,11H2,1H3,(H,22,23,25). The maximum atomic E-state index is 12.5. The number of esters is 1. The monoisotopic (exact) mass is 421 g/mol. The first-order valence-corrected chi connectivity index (χ1v) is 9.69. The highest BCUT2D eigenvalue weighted by atomic mass is 32.1. The van der Waals surface area contributed by atoms with Gasteiger partial charge in [-0.15, -0.1) is 0 Å². The predicted molar refractivity (Wildman–Crippen MR) is 108 cm³/mol. The number of nitrogens with zero attached hydrogens (tertiary/aromatic N) is 2. The molecule has 4 rings (SSSR count). The fourth-order valence-electron chi connectivity index (χ4n) is 3.05. The van der Waals surface area contributed by atoms with E-state index in [-0.39, 0.29) is 29.5 Å². The van der Waals surface area contributed by atoms with E-state index in [2.05, 4.69) is 15.0 Å². The summed E-state index contributed by atoms with van der Waals surface area (Å²) in [7, 11) is 1.26. The van der Waals surface area contributed by atoms with Gasteiger partial charge in [0.05, 0.1) is 30.3 Å². The van der Waals surface area contributed by atoms with Gasteiger partial charge < -0.3 is 4.74 Å². The van der Waals surface area contributed by atoms with Gasteiger partial charge in [0.1, 0.15) is 0 Å². The van der Waals surface area contributed by atoms with Crippen molar-refractivity contribution in [2.24, 2.45) is 0 Å². The van der Waals surface area contributed by atoms with Gasteiger partial charge >= 0.3 is 5.97 Å². The van der Waals surface area contributed by atoms with Gasteiger partial charge in [0.25, 0.3) is 17.7 Å². The summed E-state index contributed by atoms with van der Waals surface area (Å²) in [6.45, 7) is 0.0672. The number of fused-ring (bicyclic) bond motifs is 1. The number of ether oxygens (including phenoxy) is 1. The van der Waals surface area contributed by atoms with E-state index in [1.807, 2.05) is 0 Å². The van der Waals surface area contributed by atoms with Crippen molar-refractivity contribution in [3.8, 4) is 0 Å². The van der Waals surface area contributed by atoms with E-state index < -0.39 is 11.9 Å². The minimum Gasteiger partial charge on any atom is -0.465 e. The summed E-state index contributed by atoms with van der Waals surface area (Å²) >= 11 is 1.16. The molecule has 0 fully saturated rings. The molecule has 0 spiro atoms. The molecule has 150 valence electrons. The molecular formula is C21H15N3O5S. The largest absolute Gasteiger partial charge is 0.465 e. The van der Waals surface area contributed by atoms with E-state index in [1.165, 1.54) is 19.4 Å². The number of nitrogens with one attached hydrogen (secondary N) is 1. The van der Waals surface area contributed by atoms with E-state index in [0.29, 0.717) is 21.1 Å². The van der Waals surface area contributed by atoms with E-state index in [9.17, 15) is 19.2 Å². The van der Waals surface area contributed by atoms with Gasteiger partial charge in [-0.2, -0.15) is 0 Å². The van der Waals surface area contributed by atoms with Gasteiger partial charge in [-0.1, -0.05) is 29.5 Å². The Morgan fingerprint density at radius 2 is 1.70 bits per heavy atom. The molecule has 8 nitrogen and oxygen atoms in total. The van der Waals surface area contributed by atoms with Crippen molar-refractivity contribution in [3.05, 3.63) is 81.9 Å². The molecule has 2 aromatic carbocycles. The first kappa shape index (κ1) is 19.5. The lowest BCUT2D eigenvalue weighted by Gasteiger charge is -2.11. The second-order valence-corrected chi connectivity index (χ2v) is 7.52. The minimum atomic E-state index is -0.540. The van der Waals surface area contributed by atoms with Gasteiger partial charge in [0.2, 0.25) is 0 Å². The van der Waals surface area contributed by atoms with Gasteiger partial charge in [-0.25, -0.2) is 9.78 Å². The first-order chi connectivity index (χ1) is 14.5. The van der Waals surface area contributed by atoms with Crippen molar-refractivity contribution in [1.82, 2.24) is 9.88 Å². The number of benzene rings is 2. The molecule has 0 radical (unpaired) electrons. The average Bonchev–Trinajstić information content (AvgIpc) is 3.31. The molecule has 0 saturated carbocycles. The minimum absolute atomic E-state index is 0.0672. The fourth-order valence-corrected chi connectivity index (χ4v) is 3.85. The van der Waals surface area contributed by atoms with E-state index in [0.717, 1.165) is 16.2 Å². The number of imide groups is 1. The summed E-state index contributed by atoms with van der Waals surface area (Å²) < 4.78 is 4.66. The average molecular weight is 421 g/mol. The van der Waals surface area contributed by atoms with Crippen molar-refractivity contribution in [1.29, 1.82) is 0 Å². The lowest BCUT2D eigenvalue weighted by atomic mass is 10.1. The van der Waals surface area contributed by atoms with Gasteiger partial charge in [0, 0.05) is 16.6 Å². The Labute approximate surface area is 175 Å². The van der Waals surface area contributed by atoms with Crippen molar-refractivity contribution < 1.29 is 23.9 Å². The Bertz CT molecular complexity index is 1150. The van der Waals surface area contributed by atoms with Crippen molar-refractivity contribution in [2.75, 3.05) is 12.4 Å². The Balaban J connectivity index is 1.45. The topological polar surface area (TPSA) is 106 Å². The van der Waals surface area contributed by atoms with Crippen LogP contribution in [0.3, 0.4) is 0 Å². The predicted octanol–water partition coefficient (Wildman–Crippen LogP) is 2.98. The smallest absolute Gasteiger partial charge is 0.337 e. The molecule has 2 heterocycles. The van der Waals surface area contributed by atoms with Crippen LogP contribution >= 0.6 is 11.3 Å². The Morgan fingerprint density at radius 3 is 2.37 bits per heavy atom. The van der Waals surface area contributed by atoms with E-state index in [1.54, 1.807) is 42.5 Å². The van der Waals surface area contributed by atoms with Gasteiger partial charge in [-0.3, -0.25) is 24.6 Å². The number of rotatable bonds is 5. The second-order valence-electron chi connectivity index (χ2n) is 6.40. The molecule has 0 saturated heterocycles. The van der Waals surface area contributed by atoms with Crippen LogP contribution in [0.4, 0.5) is 5.13 Å². The Hall–Kier alpha value is -3.85. The van der Waals surface area contributed by atoms with Crippen molar-refractivity contribution in [2.45, 2.75) is 6.54 Å². The lowest BCUT2D eigenvalue weighted by Crippen LogP contribution is -2.28. The number of aromatic nitrogens is 1. The highest BCUT2D eigenvalue weighted by Gasteiger charge is 2.35. The third-order valence-electron chi connectivity index (χ3n) is 4.51. The SMILES string of the molecule is COC(=O)c1cccc(C(=O)Nc2ncc(CN3C(=O)c4ccccc4C3=O)s2)c1. The zero-order valence-corrected chi connectivity index (χ0v) is 16.6. The third kappa shape index (κ3) is 3.58. The number of carbonyl (C=O) groups excluding carboxylic acids is 4. The summed E-state index contributed by atoms with van der Waals surface area (Å²) in [6, 6.07) is 12.8.